The summed E-state index contributed by atoms with van der Waals surface area (Å²) in [5.41, 5.74) is 11.0. The number of hydrogen-bond acceptors (Lipinski definition) is 5. The van der Waals surface area contributed by atoms with Crippen LogP contribution < -0.4 is 24.9 Å². The van der Waals surface area contributed by atoms with Crippen molar-refractivity contribution in [3.8, 4) is 11.4 Å². The van der Waals surface area contributed by atoms with Crippen LogP contribution in [0.15, 0.2) is 87.8 Å². The molecular weight excluding hydrogens is 593 g/mol. The number of hydrogen-bond donors (Lipinski definition) is 1. The van der Waals surface area contributed by atoms with Crippen molar-refractivity contribution in [1.82, 2.24) is 9.13 Å². The number of aryl methyl sites for hydroxylation is 5. The van der Waals surface area contributed by atoms with Crippen molar-refractivity contribution in [3.63, 3.8) is 0 Å². The highest BCUT2D eigenvalue weighted by atomic mass is 32.1. The third-order valence-electron chi connectivity index (χ3n) is 8.68. The zero-order chi connectivity index (χ0) is 32.9. The number of methoxy groups -OCH3 is 1. The van der Waals surface area contributed by atoms with E-state index in [1.54, 1.807) is 11.7 Å². The number of aromatic nitrogens is 2. The fraction of sp³-hybridized carbons (Fsp3) is 0.237. The van der Waals surface area contributed by atoms with Gasteiger partial charge in [0.25, 0.3) is 11.5 Å². The molecule has 1 N–H and O–H groups in total. The summed E-state index contributed by atoms with van der Waals surface area (Å²) in [6.45, 7) is 14.2. The van der Waals surface area contributed by atoms with Gasteiger partial charge in [-0.25, -0.2) is 4.99 Å². The van der Waals surface area contributed by atoms with Gasteiger partial charge in [-0.15, -0.1) is 0 Å². The first-order chi connectivity index (χ1) is 22.0. The minimum Gasteiger partial charge on any atom is -0.497 e. The molecule has 3 heterocycles. The molecule has 234 valence electrons. The summed E-state index contributed by atoms with van der Waals surface area (Å²) in [5.74, 6) is 0.401. The molecule has 1 atom stereocenters. The Morgan fingerprint density at radius 1 is 0.891 bits per heavy atom. The second-order valence-electron chi connectivity index (χ2n) is 12.1. The van der Waals surface area contributed by atoms with Gasteiger partial charge in [-0.1, -0.05) is 58.9 Å². The van der Waals surface area contributed by atoms with E-state index < -0.39 is 6.04 Å². The number of amides is 1. The average Bonchev–Trinajstić information content (AvgIpc) is 3.47. The summed E-state index contributed by atoms with van der Waals surface area (Å²) in [4.78, 5) is 33.7. The molecule has 0 saturated carbocycles. The number of fused-ring (bicyclic) bond motifs is 1. The highest BCUT2D eigenvalue weighted by Crippen LogP contribution is 2.32. The smallest absolute Gasteiger partial charge is 0.271 e. The summed E-state index contributed by atoms with van der Waals surface area (Å²) in [5, 5.41) is 3.09. The van der Waals surface area contributed by atoms with Crippen molar-refractivity contribution in [2.24, 2.45) is 4.99 Å². The van der Waals surface area contributed by atoms with Gasteiger partial charge in [0.15, 0.2) is 4.80 Å². The van der Waals surface area contributed by atoms with Gasteiger partial charge in [0.1, 0.15) is 5.75 Å². The molecule has 0 unspecified atom stereocenters. The number of carbonyl (C=O) groups excluding carboxylic acids is 1. The Morgan fingerprint density at radius 2 is 1.57 bits per heavy atom. The zero-order valence-corrected chi connectivity index (χ0v) is 28.3. The van der Waals surface area contributed by atoms with Crippen molar-refractivity contribution >= 4 is 29.0 Å². The molecule has 0 aliphatic carbocycles. The SMILES string of the molecule is COc1ccc([C@@H]2C(C(=O)Nc3ccc(C)cc3C)=C(C)N=c3s/c(=C/c4cc(C)n(-c5ccc(C)cc5C)c4C)c(=O)n32)cc1. The van der Waals surface area contributed by atoms with Gasteiger partial charge in [0, 0.05) is 22.8 Å². The molecule has 1 aliphatic rings. The third kappa shape index (κ3) is 5.54. The van der Waals surface area contributed by atoms with Crippen LogP contribution in [0.1, 0.15) is 57.7 Å². The van der Waals surface area contributed by atoms with Crippen molar-refractivity contribution in [3.05, 3.63) is 142 Å². The second kappa shape index (κ2) is 12.1. The quantitative estimate of drug-likeness (QED) is 0.232. The number of rotatable bonds is 6. The molecular formula is C38H38N4O3S. The van der Waals surface area contributed by atoms with E-state index in [0.29, 0.717) is 26.4 Å². The maximum absolute atomic E-state index is 14.3. The predicted molar refractivity (Wildman–Crippen MR) is 186 cm³/mol. The molecule has 8 heteroatoms. The van der Waals surface area contributed by atoms with Gasteiger partial charge < -0.3 is 14.6 Å². The van der Waals surface area contributed by atoms with Gasteiger partial charge in [0.2, 0.25) is 0 Å². The average molecular weight is 631 g/mol. The highest BCUT2D eigenvalue weighted by Gasteiger charge is 2.33. The second-order valence-corrected chi connectivity index (χ2v) is 13.1. The standard InChI is InChI=1S/C38H38N4O3S/c1-21-9-15-31(23(3)17-21)40-36(43)34-26(6)39-38-42(35(34)28-11-13-30(45-8)14-12-28)37(44)33(46-38)20-29-19-25(5)41(27(29)7)32-16-10-22(2)18-24(32)4/h9-20,35H,1-8H3,(H,40,43)/b33-20+/t35-/m1/s1. The minimum absolute atomic E-state index is 0.190. The highest BCUT2D eigenvalue weighted by molar-refractivity contribution is 7.07. The van der Waals surface area contributed by atoms with Gasteiger partial charge >= 0.3 is 0 Å². The lowest BCUT2D eigenvalue weighted by Gasteiger charge is -2.25. The first kappa shape index (κ1) is 31.0. The molecule has 46 heavy (non-hydrogen) atoms. The number of anilines is 1. The van der Waals surface area contributed by atoms with Crippen LogP contribution in [0.5, 0.6) is 5.75 Å². The molecule has 0 saturated heterocycles. The summed E-state index contributed by atoms with van der Waals surface area (Å²) >= 11 is 1.34. The van der Waals surface area contributed by atoms with Gasteiger partial charge in [0.05, 0.1) is 29.0 Å². The summed E-state index contributed by atoms with van der Waals surface area (Å²) < 4.78 is 9.85. The fourth-order valence-corrected chi connectivity index (χ4v) is 7.40. The van der Waals surface area contributed by atoms with Crippen LogP contribution in [0, 0.1) is 41.5 Å². The van der Waals surface area contributed by atoms with Gasteiger partial charge in [-0.3, -0.25) is 14.2 Å². The number of carbonyl (C=O) groups is 1. The molecule has 1 amide bonds. The van der Waals surface area contributed by atoms with E-state index in [1.165, 1.54) is 22.5 Å². The zero-order valence-electron chi connectivity index (χ0n) is 27.5. The number of thiazole rings is 1. The maximum Gasteiger partial charge on any atom is 0.271 e. The molecule has 6 rings (SSSR count). The maximum atomic E-state index is 14.3. The first-order valence-corrected chi connectivity index (χ1v) is 16.1. The molecule has 5 aromatic rings. The van der Waals surface area contributed by atoms with Crippen LogP contribution in [0.2, 0.25) is 0 Å². The number of allylic oxidation sites excluding steroid dienone is 1. The Bertz CT molecular complexity index is 2230. The number of nitrogens with zero attached hydrogens (tertiary/aromatic N) is 3. The van der Waals surface area contributed by atoms with E-state index in [9.17, 15) is 9.59 Å². The largest absolute Gasteiger partial charge is 0.497 e. The van der Waals surface area contributed by atoms with Crippen molar-refractivity contribution in [2.45, 2.75) is 54.5 Å². The van der Waals surface area contributed by atoms with Crippen LogP contribution in [0.3, 0.4) is 0 Å². The Morgan fingerprint density at radius 3 is 2.22 bits per heavy atom. The van der Waals surface area contributed by atoms with Crippen LogP contribution in [0.25, 0.3) is 11.8 Å². The van der Waals surface area contributed by atoms with Crippen LogP contribution in [0.4, 0.5) is 5.69 Å². The van der Waals surface area contributed by atoms with E-state index in [-0.39, 0.29) is 11.5 Å². The van der Waals surface area contributed by atoms with Crippen LogP contribution in [-0.4, -0.2) is 22.2 Å². The summed E-state index contributed by atoms with van der Waals surface area (Å²) in [7, 11) is 1.61. The molecule has 0 spiro atoms. The molecule has 3 aromatic carbocycles. The van der Waals surface area contributed by atoms with Crippen LogP contribution >= 0.6 is 11.3 Å². The Balaban J connectivity index is 1.49. The molecule has 7 nitrogen and oxygen atoms in total. The third-order valence-corrected chi connectivity index (χ3v) is 9.66. The minimum atomic E-state index is -0.669. The van der Waals surface area contributed by atoms with E-state index >= 15 is 0 Å². The van der Waals surface area contributed by atoms with Gasteiger partial charge in [-0.05, 0) is 107 Å². The Hall–Kier alpha value is -4.95. The monoisotopic (exact) mass is 630 g/mol. The summed E-state index contributed by atoms with van der Waals surface area (Å²) in [6.07, 6.45) is 1.95. The van der Waals surface area contributed by atoms with E-state index in [2.05, 4.69) is 61.8 Å². The lowest BCUT2D eigenvalue weighted by Crippen LogP contribution is -2.40. The molecule has 0 fully saturated rings. The predicted octanol–water partition coefficient (Wildman–Crippen LogP) is 6.52. The van der Waals surface area contributed by atoms with Crippen molar-refractivity contribution in [1.29, 1.82) is 0 Å². The topological polar surface area (TPSA) is 77.6 Å². The number of nitrogens with one attached hydrogen (secondary N) is 1. The van der Waals surface area contributed by atoms with E-state index in [4.69, 9.17) is 9.73 Å². The van der Waals surface area contributed by atoms with Crippen molar-refractivity contribution < 1.29 is 9.53 Å². The number of benzene rings is 3. The van der Waals surface area contributed by atoms with Crippen LogP contribution in [-0.2, 0) is 4.79 Å². The van der Waals surface area contributed by atoms with Crippen molar-refractivity contribution in [2.75, 3.05) is 12.4 Å². The normalized spacial score (nSPS) is 14.7. The molecule has 2 aromatic heterocycles. The summed E-state index contributed by atoms with van der Waals surface area (Å²) in [6, 6.07) is 21.3. The first-order valence-electron chi connectivity index (χ1n) is 15.3. The fourth-order valence-electron chi connectivity index (χ4n) is 6.36. The Kier molecular flexibility index (Phi) is 8.17. The lowest BCUT2D eigenvalue weighted by atomic mass is 9.95. The number of ether oxygens (including phenoxy) is 1. The van der Waals surface area contributed by atoms with Gasteiger partial charge in [-0.2, -0.15) is 0 Å². The van der Waals surface area contributed by atoms with E-state index in [0.717, 1.165) is 45.0 Å². The molecule has 0 bridgehead atoms. The molecule has 1 aliphatic heterocycles. The van der Waals surface area contributed by atoms with E-state index in [1.807, 2.05) is 69.3 Å². The Labute approximate surface area is 272 Å². The lowest BCUT2D eigenvalue weighted by molar-refractivity contribution is -0.113. The molecule has 0 radical (unpaired) electrons.